The maximum Gasteiger partial charge on any atom is 0.0931 e. The number of aromatic amines is 1. The summed E-state index contributed by atoms with van der Waals surface area (Å²) in [6.45, 7) is 7.72. The van der Waals surface area contributed by atoms with Crippen molar-refractivity contribution >= 4 is 11.0 Å². The number of hydrogen-bond donors (Lipinski definition) is 2. The van der Waals surface area contributed by atoms with E-state index in [2.05, 4.69) is 54.3 Å². The normalized spacial score (nSPS) is 12.2. The highest BCUT2D eigenvalue weighted by Gasteiger charge is 2.07. The van der Waals surface area contributed by atoms with Crippen molar-refractivity contribution in [3.63, 3.8) is 0 Å². The molecule has 0 fully saturated rings. The molecular weight excluding hydrogens is 222 g/mol. The minimum atomic E-state index is 0.231. The van der Waals surface area contributed by atoms with E-state index in [1.807, 2.05) is 0 Å². The number of aryl methyl sites for hydroxylation is 1. The number of unbranched alkanes of at least 4 members (excludes halogenated alkanes) is 1. The number of H-pyrrole nitrogens is 1. The Bertz CT molecular complexity index is 494. The van der Waals surface area contributed by atoms with Crippen molar-refractivity contribution in [1.29, 1.82) is 0 Å². The third-order valence-electron chi connectivity index (χ3n) is 3.03. The molecule has 0 saturated carbocycles. The lowest BCUT2D eigenvalue weighted by molar-refractivity contribution is 0.419. The molecule has 0 aliphatic carbocycles. The molecule has 0 saturated heterocycles. The van der Waals surface area contributed by atoms with Gasteiger partial charge in [-0.25, -0.2) is 4.98 Å². The topological polar surface area (TPSA) is 40.7 Å². The lowest BCUT2D eigenvalue weighted by Crippen LogP contribution is -2.36. The molecule has 0 amide bonds. The summed E-state index contributed by atoms with van der Waals surface area (Å²) < 4.78 is 0. The van der Waals surface area contributed by atoms with Crippen molar-refractivity contribution in [2.75, 3.05) is 6.54 Å². The van der Waals surface area contributed by atoms with E-state index >= 15 is 0 Å². The number of fused-ring (bicyclic) bond motifs is 1. The van der Waals surface area contributed by atoms with Gasteiger partial charge in [-0.3, -0.25) is 0 Å². The molecule has 2 N–H and O–H groups in total. The van der Waals surface area contributed by atoms with Crippen LogP contribution in [0.2, 0.25) is 0 Å². The summed E-state index contributed by atoms with van der Waals surface area (Å²) in [7, 11) is 0. The smallest absolute Gasteiger partial charge is 0.0931 e. The van der Waals surface area contributed by atoms with Crippen LogP contribution < -0.4 is 5.32 Å². The van der Waals surface area contributed by atoms with Gasteiger partial charge in [0.2, 0.25) is 0 Å². The van der Waals surface area contributed by atoms with Gasteiger partial charge in [0.1, 0.15) is 0 Å². The quantitative estimate of drug-likeness (QED) is 0.794. The van der Waals surface area contributed by atoms with Gasteiger partial charge in [-0.2, -0.15) is 0 Å². The van der Waals surface area contributed by atoms with Crippen molar-refractivity contribution in [3.8, 4) is 0 Å². The molecule has 1 aromatic heterocycles. The Morgan fingerprint density at radius 2 is 2.06 bits per heavy atom. The summed E-state index contributed by atoms with van der Waals surface area (Å²) in [6.07, 6.45) is 5.34. The zero-order chi connectivity index (χ0) is 13.0. The standard InChI is InChI=1S/C15H23N3/c1-15(2,3)18-9-5-4-6-12-7-8-13-14(10-12)17-11-16-13/h7-8,10-11,18H,4-6,9H2,1-3H3,(H,16,17). The number of hydrogen-bond acceptors (Lipinski definition) is 2. The summed E-state index contributed by atoms with van der Waals surface area (Å²) in [5.74, 6) is 0. The fraction of sp³-hybridized carbons (Fsp3) is 0.533. The highest BCUT2D eigenvalue weighted by molar-refractivity contribution is 5.74. The lowest BCUT2D eigenvalue weighted by atomic mass is 10.1. The fourth-order valence-corrected chi connectivity index (χ4v) is 2.06. The molecule has 0 unspecified atom stereocenters. The minimum absolute atomic E-state index is 0.231. The molecule has 1 heterocycles. The Labute approximate surface area is 109 Å². The van der Waals surface area contributed by atoms with Gasteiger partial charge in [0.05, 0.1) is 17.4 Å². The van der Waals surface area contributed by atoms with Crippen molar-refractivity contribution in [2.45, 2.75) is 45.6 Å². The van der Waals surface area contributed by atoms with Crippen LogP contribution in [0.1, 0.15) is 39.2 Å². The summed E-state index contributed by atoms with van der Waals surface area (Å²) in [5.41, 5.74) is 3.81. The van der Waals surface area contributed by atoms with E-state index in [-0.39, 0.29) is 5.54 Å². The van der Waals surface area contributed by atoms with Crippen LogP contribution in [0.25, 0.3) is 11.0 Å². The Hall–Kier alpha value is -1.35. The van der Waals surface area contributed by atoms with E-state index in [0.717, 1.165) is 24.0 Å². The summed E-state index contributed by atoms with van der Waals surface area (Å²) >= 11 is 0. The van der Waals surface area contributed by atoms with Crippen LogP contribution >= 0.6 is 0 Å². The van der Waals surface area contributed by atoms with Crippen LogP contribution in [0.15, 0.2) is 24.5 Å². The maximum atomic E-state index is 4.23. The van der Waals surface area contributed by atoms with Gasteiger partial charge in [0.25, 0.3) is 0 Å². The zero-order valence-corrected chi connectivity index (χ0v) is 11.6. The van der Waals surface area contributed by atoms with Crippen LogP contribution in [0.5, 0.6) is 0 Å². The molecule has 0 atom stereocenters. The van der Waals surface area contributed by atoms with Crippen molar-refractivity contribution in [1.82, 2.24) is 15.3 Å². The highest BCUT2D eigenvalue weighted by Crippen LogP contribution is 2.13. The molecular formula is C15H23N3. The third kappa shape index (κ3) is 3.84. The van der Waals surface area contributed by atoms with Crippen LogP contribution in [0.4, 0.5) is 0 Å². The number of nitrogens with zero attached hydrogens (tertiary/aromatic N) is 1. The largest absolute Gasteiger partial charge is 0.345 e. The minimum Gasteiger partial charge on any atom is -0.345 e. The first kappa shape index (κ1) is 13.1. The summed E-state index contributed by atoms with van der Waals surface area (Å²) in [4.78, 5) is 7.39. The maximum absolute atomic E-state index is 4.23. The first-order chi connectivity index (χ1) is 8.54. The van der Waals surface area contributed by atoms with E-state index in [9.17, 15) is 0 Å². The number of rotatable bonds is 5. The first-order valence-electron chi connectivity index (χ1n) is 6.72. The molecule has 0 aliphatic heterocycles. The summed E-state index contributed by atoms with van der Waals surface area (Å²) in [5, 5.41) is 3.52. The molecule has 0 radical (unpaired) electrons. The number of benzene rings is 1. The van der Waals surface area contributed by atoms with Gasteiger partial charge in [-0.05, 0) is 64.3 Å². The second kappa shape index (κ2) is 5.53. The fourth-order valence-electron chi connectivity index (χ4n) is 2.06. The number of aromatic nitrogens is 2. The average Bonchev–Trinajstić information content (AvgIpc) is 2.74. The first-order valence-corrected chi connectivity index (χ1v) is 6.72. The van der Waals surface area contributed by atoms with Gasteiger partial charge in [0, 0.05) is 5.54 Å². The molecule has 2 aromatic rings. The van der Waals surface area contributed by atoms with Crippen LogP contribution in [-0.4, -0.2) is 22.1 Å². The molecule has 98 valence electrons. The van der Waals surface area contributed by atoms with Crippen molar-refractivity contribution in [3.05, 3.63) is 30.1 Å². The van der Waals surface area contributed by atoms with E-state index in [4.69, 9.17) is 0 Å². The molecule has 0 spiro atoms. The van der Waals surface area contributed by atoms with Gasteiger partial charge >= 0.3 is 0 Å². The van der Waals surface area contributed by atoms with Crippen LogP contribution in [-0.2, 0) is 6.42 Å². The number of nitrogens with one attached hydrogen (secondary N) is 2. The van der Waals surface area contributed by atoms with E-state index in [1.165, 1.54) is 18.4 Å². The predicted octanol–water partition coefficient (Wildman–Crippen LogP) is 3.27. The van der Waals surface area contributed by atoms with Gasteiger partial charge in [-0.15, -0.1) is 0 Å². The number of imidazole rings is 1. The van der Waals surface area contributed by atoms with Crippen LogP contribution in [0.3, 0.4) is 0 Å². The van der Waals surface area contributed by atoms with Crippen molar-refractivity contribution in [2.24, 2.45) is 0 Å². The second-order valence-electron chi connectivity index (χ2n) is 5.89. The third-order valence-corrected chi connectivity index (χ3v) is 3.03. The van der Waals surface area contributed by atoms with Gasteiger partial charge in [0.15, 0.2) is 0 Å². The highest BCUT2D eigenvalue weighted by atomic mass is 14.9. The molecule has 3 heteroatoms. The Balaban J connectivity index is 1.76. The predicted molar refractivity (Wildman–Crippen MR) is 76.8 cm³/mol. The van der Waals surface area contributed by atoms with E-state index in [1.54, 1.807) is 6.33 Å². The zero-order valence-electron chi connectivity index (χ0n) is 11.6. The molecule has 3 nitrogen and oxygen atoms in total. The van der Waals surface area contributed by atoms with Crippen molar-refractivity contribution < 1.29 is 0 Å². The van der Waals surface area contributed by atoms with Gasteiger partial charge < -0.3 is 10.3 Å². The Kier molecular flexibility index (Phi) is 4.02. The van der Waals surface area contributed by atoms with Gasteiger partial charge in [-0.1, -0.05) is 6.07 Å². The molecule has 0 bridgehead atoms. The van der Waals surface area contributed by atoms with E-state index in [0.29, 0.717) is 0 Å². The molecule has 1 aromatic carbocycles. The van der Waals surface area contributed by atoms with Crippen LogP contribution in [0, 0.1) is 0 Å². The summed E-state index contributed by atoms with van der Waals surface area (Å²) in [6, 6.07) is 6.48. The second-order valence-corrected chi connectivity index (χ2v) is 5.89. The Morgan fingerprint density at radius 1 is 1.22 bits per heavy atom. The average molecular weight is 245 g/mol. The molecule has 18 heavy (non-hydrogen) atoms. The van der Waals surface area contributed by atoms with E-state index < -0.39 is 0 Å². The monoisotopic (exact) mass is 245 g/mol. The molecule has 2 rings (SSSR count). The SMILES string of the molecule is CC(C)(C)NCCCCc1ccc2nc[nH]c2c1. The lowest BCUT2D eigenvalue weighted by Gasteiger charge is -2.20. The molecule has 0 aliphatic rings. The Morgan fingerprint density at radius 3 is 2.83 bits per heavy atom.